The molecule has 32 heavy (non-hydrogen) atoms. The largest absolute Gasteiger partial charge is 0.497 e. The Morgan fingerprint density at radius 3 is 2.47 bits per heavy atom. The van der Waals surface area contributed by atoms with Crippen LogP contribution in [0.1, 0.15) is 11.1 Å². The van der Waals surface area contributed by atoms with Crippen LogP contribution in [0.4, 0.5) is 11.4 Å². The fraction of sp³-hybridized carbons (Fsp3) is 0.154. The van der Waals surface area contributed by atoms with Crippen molar-refractivity contribution < 1.29 is 9.53 Å². The third kappa shape index (κ3) is 4.81. The first kappa shape index (κ1) is 21.2. The molecule has 0 fully saturated rings. The van der Waals surface area contributed by atoms with Gasteiger partial charge in [0.15, 0.2) is 0 Å². The van der Waals surface area contributed by atoms with E-state index in [1.807, 2.05) is 79.7 Å². The Morgan fingerprint density at radius 1 is 0.938 bits per heavy atom. The van der Waals surface area contributed by atoms with Crippen LogP contribution in [0.25, 0.3) is 10.9 Å². The third-order valence-electron chi connectivity index (χ3n) is 5.24. The minimum absolute atomic E-state index is 0.102. The third-order valence-corrected chi connectivity index (χ3v) is 5.24. The number of para-hydroxylation sites is 1. The SMILES string of the molecule is COc1ccc2cc(CNc3ccccc3)c(=O)n(CC(=O)Nc3cccc(C)c3)c2c1. The van der Waals surface area contributed by atoms with Crippen molar-refractivity contribution in [1.29, 1.82) is 0 Å². The van der Waals surface area contributed by atoms with Gasteiger partial charge in [0, 0.05) is 29.5 Å². The molecule has 0 aliphatic rings. The van der Waals surface area contributed by atoms with Crippen molar-refractivity contribution in [3.8, 4) is 5.75 Å². The topological polar surface area (TPSA) is 72.4 Å². The first-order valence-electron chi connectivity index (χ1n) is 10.4. The molecule has 0 aliphatic carbocycles. The Kier molecular flexibility index (Phi) is 6.22. The number of nitrogens with one attached hydrogen (secondary N) is 2. The molecule has 162 valence electrons. The molecule has 0 spiro atoms. The smallest absolute Gasteiger partial charge is 0.256 e. The zero-order chi connectivity index (χ0) is 22.5. The fourth-order valence-corrected chi connectivity index (χ4v) is 3.64. The summed E-state index contributed by atoms with van der Waals surface area (Å²) in [6, 6.07) is 24.6. The molecular formula is C26H25N3O3. The second-order valence-corrected chi connectivity index (χ2v) is 7.62. The number of amides is 1. The first-order valence-corrected chi connectivity index (χ1v) is 10.4. The second kappa shape index (κ2) is 9.39. The van der Waals surface area contributed by atoms with Gasteiger partial charge in [-0.2, -0.15) is 0 Å². The molecule has 6 nitrogen and oxygen atoms in total. The van der Waals surface area contributed by atoms with Gasteiger partial charge in [-0.1, -0.05) is 30.3 Å². The van der Waals surface area contributed by atoms with Crippen LogP contribution in [-0.4, -0.2) is 17.6 Å². The molecule has 0 bridgehead atoms. The number of hydrogen-bond donors (Lipinski definition) is 2. The lowest BCUT2D eigenvalue weighted by Gasteiger charge is -2.15. The van der Waals surface area contributed by atoms with Crippen molar-refractivity contribution in [2.45, 2.75) is 20.0 Å². The summed E-state index contributed by atoms with van der Waals surface area (Å²) in [5, 5.41) is 7.02. The van der Waals surface area contributed by atoms with Gasteiger partial charge in [0.25, 0.3) is 5.56 Å². The Morgan fingerprint density at radius 2 is 1.72 bits per heavy atom. The predicted octanol–water partition coefficient (Wildman–Crippen LogP) is 4.57. The summed E-state index contributed by atoms with van der Waals surface area (Å²) in [5.74, 6) is 0.356. The second-order valence-electron chi connectivity index (χ2n) is 7.62. The molecular weight excluding hydrogens is 402 g/mol. The average Bonchev–Trinajstić information content (AvgIpc) is 2.80. The van der Waals surface area contributed by atoms with E-state index in [2.05, 4.69) is 10.6 Å². The fourth-order valence-electron chi connectivity index (χ4n) is 3.64. The molecule has 0 atom stereocenters. The van der Waals surface area contributed by atoms with Gasteiger partial charge in [0.1, 0.15) is 12.3 Å². The van der Waals surface area contributed by atoms with E-state index in [1.165, 1.54) is 4.57 Å². The standard InChI is InChI=1S/C26H25N3O3/c1-18-7-6-10-22(13-18)28-25(30)17-29-24-15-23(32-2)12-11-19(24)14-20(26(29)31)16-27-21-8-4-3-5-9-21/h3-15,27H,16-17H2,1-2H3,(H,28,30). The molecule has 0 unspecified atom stereocenters. The van der Waals surface area contributed by atoms with Crippen LogP contribution in [0.5, 0.6) is 5.75 Å². The Labute approximate surface area is 186 Å². The summed E-state index contributed by atoms with van der Waals surface area (Å²) < 4.78 is 6.84. The number of carbonyl (C=O) groups excluding carboxylic acids is 1. The number of ether oxygens (including phenoxy) is 1. The summed E-state index contributed by atoms with van der Waals surface area (Å²) in [6.07, 6.45) is 0. The van der Waals surface area contributed by atoms with Crippen LogP contribution in [0.3, 0.4) is 0 Å². The zero-order valence-corrected chi connectivity index (χ0v) is 18.1. The Bertz CT molecular complexity index is 1310. The normalized spacial score (nSPS) is 10.7. The van der Waals surface area contributed by atoms with Gasteiger partial charge in [0.2, 0.25) is 5.91 Å². The van der Waals surface area contributed by atoms with Crippen molar-refractivity contribution in [3.05, 3.63) is 100 Å². The van der Waals surface area contributed by atoms with Crippen LogP contribution in [-0.2, 0) is 17.9 Å². The summed E-state index contributed by atoms with van der Waals surface area (Å²) in [7, 11) is 1.58. The van der Waals surface area contributed by atoms with E-state index in [0.29, 0.717) is 29.1 Å². The summed E-state index contributed by atoms with van der Waals surface area (Å²) in [6.45, 7) is 2.21. The van der Waals surface area contributed by atoms with Gasteiger partial charge in [-0.05, 0) is 60.3 Å². The van der Waals surface area contributed by atoms with Gasteiger partial charge in [-0.3, -0.25) is 14.2 Å². The highest BCUT2D eigenvalue weighted by molar-refractivity contribution is 5.92. The monoisotopic (exact) mass is 427 g/mol. The van der Waals surface area contributed by atoms with E-state index < -0.39 is 0 Å². The minimum Gasteiger partial charge on any atom is -0.497 e. The number of fused-ring (bicyclic) bond motifs is 1. The molecule has 1 aromatic heterocycles. The first-order chi connectivity index (χ1) is 15.5. The highest BCUT2D eigenvalue weighted by Gasteiger charge is 2.14. The molecule has 4 rings (SSSR count). The number of aryl methyl sites for hydroxylation is 1. The maximum atomic E-state index is 13.3. The van der Waals surface area contributed by atoms with Crippen molar-refractivity contribution in [2.24, 2.45) is 0 Å². The number of rotatable bonds is 7. The zero-order valence-electron chi connectivity index (χ0n) is 18.1. The quantitative estimate of drug-likeness (QED) is 0.453. The van der Waals surface area contributed by atoms with Gasteiger partial charge >= 0.3 is 0 Å². The molecule has 0 radical (unpaired) electrons. The van der Waals surface area contributed by atoms with Crippen molar-refractivity contribution >= 4 is 28.2 Å². The predicted molar refractivity (Wildman–Crippen MR) is 128 cm³/mol. The maximum Gasteiger partial charge on any atom is 0.256 e. The molecule has 1 heterocycles. The van der Waals surface area contributed by atoms with Gasteiger partial charge < -0.3 is 15.4 Å². The molecule has 4 aromatic rings. The Hall–Kier alpha value is -4.06. The lowest BCUT2D eigenvalue weighted by molar-refractivity contribution is -0.116. The maximum absolute atomic E-state index is 13.3. The van der Waals surface area contributed by atoms with Crippen molar-refractivity contribution in [1.82, 2.24) is 4.57 Å². The van der Waals surface area contributed by atoms with Gasteiger partial charge in [-0.15, -0.1) is 0 Å². The number of hydrogen-bond acceptors (Lipinski definition) is 4. The summed E-state index contributed by atoms with van der Waals surface area (Å²) in [5.41, 5.74) is 3.68. The molecule has 1 amide bonds. The summed E-state index contributed by atoms with van der Waals surface area (Å²) >= 11 is 0. The number of benzene rings is 3. The molecule has 0 aliphatic heterocycles. The van der Waals surface area contributed by atoms with Crippen molar-refractivity contribution in [3.63, 3.8) is 0 Å². The van der Waals surface area contributed by atoms with Gasteiger partial charge in [0.05, 0.1) is 12.6 Å². The van der Waals surface area contributed by atoms with E-state index in [-0.39, 0.29) is 18.0 Å². The molecule has 0 saturated heterocycles. The summed E-state index contributed by atoms with van der Waals surface area (Å²) in [4.78, 5) is 26.2. The van der Waals surface area contributed by atoms with Crippen molar-refractivity contribution in [2.75, 3.05) is 17.7 Å². The van der Waals surface area contributed by atoms with E-state index in [9.17, 15) is 9.59 Å². The molecule has 6 heteroatoms. The van der Waals surface area contributed by atoms with Crippen LogP contribution < -0.4 is 20.9 Å². The minimum atomic E-state index is -0.269. The number of aromatic nitrogens is 1. The average molecular weight is 428 g/mol. The van der Waals surface area contributed by atoms with Crippen LogP contribution in [0, 0.1) is 6.92 Å². The number of pyridine rings is 1. The number of anilines is 2. The van der Waals surface area contributed by atoms with Crippen LogP contribution in [0.2, 0.25) is 0 Å². The lowest BCUT2D eigenvalue weighted by atomic mass is 10.1. The molecule has 0 saturated carbocycles. The van der Waals surface area contributed by atoms with E-state index in [0.717, 1.165) is 16.6 Å². The van der Waals surface area contributed by atoms with Gasteiger partial charge in [-0.25, -0.2) is 0 Å². The number of carbonyl (C=O) groups is 1. The van der Waals surface area contributed by atoms with E-state index in [4.69, 9.17) is 4.74 Å². The highest BCUT2D eigenvalue weighted by atomic mass is 16.5. The molecule has 3 aromatic carbocycles. The van der Waals surface area contributed by atoms with Crippen LogP contribution in [0.15, 0.2) is 83.7 Å². The highest BCUT2D eigenvalue weighted by Crippen LogP contribution is 2.21. The Balaban J connectivity index is 1.68. The van der Waals surface area contributed by atoms with E-state index >= 15 is 0 Å². The lowest BCUT2D eigenvalue weighted by Crippen LogP contribution is -2.30. The number of nitrogens with zero attached hydrogens (tertiary/aromatic N) is 1. The number of methoxy groups -OCH3 is 1. The molecule has 2 N–H and O–H groups in total. The van der Waals surface area contributed by atoms with Crippen LogP contribution >= 0.6 is 0 Å². The van der Waals surface area contributed by atoms with E-state index in [1.54, 1.807) is 13.2 Å².